The van der Waals surface area contributed by atoms with Crippen molar-refractivity contribution in [1.29, 1.82) is 0 Å². The Morgan fingerprint density at radius 3 is 2.50 bits per heavy atom. The molecule has 1 aromatic rings. The molecule has 1 unspecified atom stereocenters. The second kappa shape index (κ2) is 7.54. The van der Waals surface area contributed by atoms with Crippen LogP contribution in [-0.4, -0.2) is 48.0 Å². The molecule has 0 aromatic carbocycles. The molecule has 0 saturated heterocycles. The van der Waals surface area contributed by atoms with E-state index >= 15 is 0 Å². The molecule has 20 heavy (non-hydrogen) atoms. The van der Waals surface area contributed by atoms with Gasteiger partial charge in [0.1, 0.15) is 0 Å². The molecule has 1 rings (SSSR count). The van der Waals surface area contributed by atoms with Crippen molar-refractivity contribution < 1.29 is 4.74 Å². The van der Waals surface area contributed by atoms with Crippen LogP contribution in [0.3, 0.4) is 0 Å². The minimum Gasteiger partial charge on any atom is -0.376 e. The first-order chi connectivity index (χ1) is 9.41. The Balaban J connectivity index is 3.07. The molecule has 0 aliphatic carbocycles. The van der Waals surface area contributed by atoms with Crippen LogP contribution in [0.25, 0.3) is 0 Å². The molecule has 0 bridgehead atoms. The molecule has 2 N–H and O–H groups in total. The molecule has 0 fully saturated rings. The Morgan fingerprint density at radius 2 is 2.05 bits per heavy atom. The molecule has 1 heterocycles. The van der Waals surface area contributed by atoms with Gasteiger partial charge in [0, 0.05) is 13.7 Å². The molecule has 5 nitrogen and oxygen atoms in total. The Kier molecular flexibility index (Phi) is 6.64. The van der Waals surface area contributed by atoms with Gasteiger partial charge in [0.15, 0.2) is 0 Å². The van der Waals surface area contributed by atoms with Crippen molar-refractivity contribution in [2.75, 3.05) is 27.7 Å². The minimum absolute atomic E-state index is 0.207. The highest BCUT2D eigenvalue weighted by molar-refractivity contribution is 9.10. The van der Waals surface area contributed by atoms with Crippen molar-refractivity contribution in [1.82, 2.24) is 14.7 Å². The highest BCUT2D eigenvalue weighted by Gasteiger charge is 2.37. The highest BCUT2D eigenvalue weighted by Crippen LogP contribution is 2.36. The predicted octanol–water partition coefficient (Wildman–Crippen LogP) is 2.41. The minimum atomic E-state index is -0.349. The van der Waals surface area contributed by atoms with E-state index in [0.29, 0.717) is 0 Å². The van der Waals surface area contributed by atoms with Crippen molar-refractivity contribution in [3.05, 3.63) is 16.4 Å². The van der Waals surface area contributed by atoms with Crippen LogP contribution >= 0.6 is 15.9 Å². The normalized spacial score (nSPS) is 14.0. The molecule has 1 aromatic heterocycles. The number of rotatable bonds is 8. The van der Waals surface area contributed by atoms with Crippen LogP contribution in [0.5, 0.6) is 0 Å². The Morgan fingerprint density at radius 1 is 1.45 bits per heavy atom. The van der Waals surface area contributed by atoms with Crippen molar-refractivity contribution in [2.24, 2.45) is 5.73 Å². The maximum atomic E-state index is 6.53. The SMILES string of the molecule is CCC(CC)(OC)C(N)c1c(Br)cnn1CCN(C)C. The predicted molar refractivity (Wildman–Crippen MR) is 85.7 cm³/mol. The lowest BCUT2D eigenvalue weighted by atomic mass is 9.86. The summed E-state index contributed by atoms with van der Waals surface area (Å²) in [5.74, 6) is 0. The zero-order chi connectivity index (χ0) is 15.3. The summed E-state index contributed by atoms with van der Waals surface area (Å²) >= 11 is 3.57. The number of ether oxygens (including phenoxy) is 1. The molecule has 116 valence electrons. The second-order valence-electron chi connectivity index (χ2n) is 5.36. The monoisotopic (exact) mass is 346 g/mol. The fraction of sp³-hybridized carbons (Fsp3) is 0.786. The van der Waals surface area contributed by atoms with Gasteiger partial charge in [-0.25, -0.2) is 0 Å². The molecule has 0 aliphatic rings. The van der Waals surface area contributed by atoms with Crippen LogP contribution in [0.15, 0.2) is 10.7 Å². The molecule has 0 aliphatic heterocycles. The second-order valence-corrected chi connectivity index (χ2v) is 6.21. The van der Waals surface area contributed by atoms with E-state index in [1.165, 1.54) is 0 Å². The molecule has 6 heteroatoms. The van der Waals surface area contributed by atoms with E-state index in [2.05, 4.69) is 53.9 Å². The number of hydrogen-bond donors (Lipinski definition) is 1. The van der Waals surface area contributed by atoms with Gasteiger partial charge in [-0.2, -0.15) is 5.10 Å². The van der Waals surface area contributed by atoms with E-state index in [1.807, 2.05) is 10.9 Å². The van der Waals surface area contributed by atoms with Gasteiger partial charge >= 0.3 is 0 Å². The third-order valence-corrected chi connectivity index (χ3v) is 4.67. The summed E-state index contributed by atoms with van der Waals surface area (Å²) in [5.41, 5.74) is 7.19. The van der Waals surface area contributed by atoms with Crippen molar-refractivity contribution in [2.45, 2.75) is 44.9 Å². The first-order valence-corrected chi connectivity index (χ1v) is 7.87. The standard InChI is InChI=1S/C14H27BrN4O/c1-6-14(7-2,20-5)13(16)12-11(15)10-17-19(12)9-8-18(3)4/h10,13H,6-9,16H2,1-5H3. The number of halogens is 1. The van der Waals surface area contributed by atoms with E-state index < -0.39 is 0 Å². The summed E-state index contributed by atoms with van der Waals surface area (Å²) in [7, 11) is 5.84. The average molecular weight is 347 g/mol. The van der Waals surface area contributed by atoms with Gasteiger partial charge in [-0.3, -0.25) is 4.68 Å². The molecule has 0 saturated carbocycles. The van der Waals surface area contributed by atoms with Crippen LogP contribution in [0.2, 0.25) is 0 Å². The molecular weight excluding hydrogens is 320 g/mol. The summed E-state index contributed by atoms with van der Waals surface area (Å²) in [5, 5.41) is 4.43. The molecule has 0 amide bonds. The summed E-state index contributed by atoms with van der Waals surface area (Å²) < 4.78 is 8.69. The van der Waals surface area contributed by atoms with Gasteiger partial charge in [-0.1, -0.05) is 13.8 Å². The van der Waals surface area contributed by atoms with Gasteiger partial charge in [0.05, 0.1) is 34.6 Å². The van der Waals surface area contributed by atoms with Crippen LogP contribution < -0.4 is 5.73 Å². The lowest BCUT2D eigenvalue weighted by Gasteiger charge is -2.36. The molecule has 0 spiro atoms. The van der Waals surface area contributed by atoms with Crippen LogP contribution in [-0.2, 0) is 11.3 Å². The highest BCUT2D eigenvalue weighted by atomic mass is 79.9. The van der Waals surface area contributed by atoms with Gasteiger partial charge < -0.3 is 15.4 Å². The molecule has 1 atom stereocenters. The Hall–Kier alpha value is -0.430. The Labute approximate surface area is 130 Å². The summed E-state index contributed by atoms with van der Waals surface area (Å²) in [6.07, 6.45) is 3.55. The fourth-order valence-corrected chi connectivity index (χ4v) is 3.05. The smallest absolute Gasteiger partial charge is 0.0880 e. The Bertz CT molecular complexity index is 407. The average Bonchev–Trinajstić information content (AvgIpc) is 2.79. The number of hydrogen-bond acceptors (Lipinski definition) is 4. The largest absolute Gasteiger partial charge is 0.376 e. The lowest BCUT2D eigenvalue weighted by molar-refractivity contribution is -0.0407. The van der Waals surface area contributed by atoms with Gasteiger partial charge in [0.25, 0.3) is 0 Å². The first kappa shape index (κ1) is 17.6. The first-order valence-electron chi connectivity index (χ1n) is 7.08. The van der Waals surface area contributed by atoms with E-state index in [9.17, 15) is 0 Å². The van der Waals surface area contributed by atoms with Crippen molar-refractivity contribution >= 4 is 15.9 Å². The quantitative estimate of drug-likeness (QED) is 0.785. The van der Waals surface area contributed by atoms with Crippen molar-refractivity contribution in [3.63, 3.8) is 0 Å². The topological polar surface area (TPSA) is 56.3 Å². The molecule has 0 radical (unpaired) electrons. The molecular formula is C14H27BrN4O. The van der Waals surface area contributed by atoms with Gasteiger partial charge in [0.2, 0.25) is 0 Å². The zero-order valence-corrected chi connectivity index (χ0v) is 14.8. The number of likely N-dealkylation sites (N-methyl/N-ethyl adjacent to an activating group) is 1. The summed E-state index contributed by atoms with van der Waals surface area (Å²) in [6, 6.07) is -0.207. The van der Waals surface area contributed by atoms with Gasteiger partial charge in [-0.05, 0) is 42.9 Å². The third-order valence-electron chi connectivity index (χ3n) is 4.06. The van der Waals surface area contributed by atoms with Crippen LogP contribution in [0.1, 0.15) is 38.4 Å². The van der Waals surface area contributed by atoms with E-state index in [1.54, 1.807) is 7.11 Å². The summed E-state index contributed by atoms with van der Waals surface area (Å²) in [4.78, 5) is 2.13. The lowest BCUT2D eigenvalue weighted by Crippen LogP contribution is -2.43. The maximum Gasteiger partial charge on any atom is 0.0880 e. The number of aromatic nitrogens is 2. The number of nitrogens with two attached hydrogens (primary N) is 1. The van der Waals surface area contributed by atoms with Gasteiger partial charge in [-0.15, -0.1) is 0 Å². The van der Waals surface area contributed by atoms with Crippen LogP contribution in [0, 0.1) is 0 Å². The third kappa shape index (κ3) is 3.61. The maximum absolute atomic E-state index is 6.53. The summed E-state index contributed by atoms with van der Waals surface area (Å²) in [6.45, 7) is 5.96. The number of methoxy groups -OCH3 is 1. The van der Waals surface area contributed by atoms with Crippen molar-refractivity contribution in [3.8, 4) is 0 Å². The van der Waals surface area contributed by atoms with Crippen LogP contribution in [0.4, 0.5) is 0 Å². The number of nitrogens with zero attached hydrogens (tertiary/aromatic N) is 3. The van der Waals surface area contributed by atoms with E-state index in [4.69, 9.17) is 10.5 Å². The zero-order valence-electron chi connectivity index (χ0n) is 13.2. The van der Waals surface area contributed by atoms with E-state index in [-0.39, 0.29) is 11.6 Å². The van der Waals surface area contributed by atoms with E-state index in [0.717, 1.165) is 36.1 Å². The fourth-order valence-electron chi connectivity index (χ4n) is 2.51.